The van der Waals surface area contributed by atoms with Crippen LogP contribution in [-0.2, 0) is 16.0 Å². The standard InChI is InChI=1S/C17H23N5O2/c1-2-13(10-14(3-1)16-19-21-22-20-16)12-18-15-4-7-24-17(11-15)5-8-23-9-6-17/h1-3,10,15,18H,4-9,11-12H2,(H,19,20,21,22). The second-order valence-corrected chi connectivity index (χ2v) is 6.65. The summed E-state index contributed by atoms with van der Waals surface area (Å²) in [6.07, 6.45) is 4.16. The number of aromatic nitrogens is 4. The molecule has 3 heterocycles. The van der Waals surface area contributed by atoms with Gasteiger partial charge in [0.15, 0.2) is 0 Å². The van der Waals surface area contributed by atoms with Crippen molar-refractivity contribution in [2.45, 2.75) is 43.9 Å². The summed E-state index contributed by atoms with van der Waals surface area (Å²) in [4.78, 5) is 0. The highest BCUT2D eigenvalue weighted by Gasteiger charge is 2.38. The third-order valence-electron chi connectivity index (χ3n) is 5.02. The number of tetrazole rings is 1. The minimum absolute atomic E-state index is 0.0284. The maximum atomic E-state index is 6.11. The molecule has 1 atom stereocenters. The normalized spacial score (nSPS) is 23.4. The van der Waals surface area contributed by atoms with Gasteiger partial charge in [-0.2, -0.15) is 5.21 Å². The van der Waals surface area contributed by atoms with Crippen LogP contribution in [-0.4, -0.2) is 52.1 Å². The predicted octanol–water partition coefficient (Wildman–Crippen LogP) is 1.68. The van der Waals surface area contributed by atoms with Gasteiger partial charge >= 0.3 is 0 Å². The van der Waals surface area contributed by atoms with Gasteiger partial charge in [0, 0.05) is 38.0 Å². The molecule has 1 spiro atoms. The summed E-state index contributed by atoms with van der Waals surface area (Å²) < 4.78 is 11.6. The number of nitrogens with zero attached hydrogens (tertiary/aromatic N) is 3. The van der Waals surface area contributed by atoms with E-state index in [1.807, 2.05) is 12.1 Å². The van der Waals surface area contributed by atoms with E-state index in [0.29, 0.717) is 11.9 Å². The van der Waals surface area contributed by atoms with Gasteiger partial charge in [-0.1, -0.05) is 18.2 Å². The van der Waals surface area contributed by atoms with Gasteiger partial charge in [-0.25, -0.2) is 0 Å². The van der Waals surface area contributed by atoms with E-state index >= 15 is 0 Å². The lowest BCUT2D eigenvalue weighted by molar-refractivity contribution is -0.140. The van der Waals surface area contributed by atoms with Gasteiger partial charge in [0.25, 0.3) is 0 Å². The molecule has 2 fully saturated rings. The average molecular weight is 329 g/mol. The highest BCUT2D eigenvalue weighted by Crippen LogP contribution is 2.34. The van der Waals surface area contributed by atoms with Crippen molar-refractivity contribution in [2.75, 3.05) is 19.8 Å². The molecule has 7 heteroatoms. The maximum absolute atomic E-state index is 6.11. The molecule has 0 aliphatic carbocycles. The SMILES string of the molecule is c1cc(CNC2CCOC3(CCOCC3)C2)cc(-c2nn[nH]n2)c1. The van der Waals surface area contributed by atoms with Crippen LogP contribution in [0.4, 0.5) is 0 Å². The molecule has 24 heavy (non-hydrogen) atoms. The molecular weight excluding hydrogens is 306 g/mol. The zero-order chi connectivity index (χ0) is 16.2. The number of nitrogens with one attached hydrogen (secondary N) is 2. The Kier molecular flexibility index (Phi) is 4.55. The fourth-order valence-corrected chi connectivity index (χ4v) is 3.66. The van der Waals surface area contributed by atoms with Crippen LogP contribution in [0.2, 0.25) is 0 Å². The van der Waals surface area contributed by atoms with Gasteiger partial charge in [-0.05, 0) is 42.5 Å². The summed E-state index contributed by atoms with van der Waals surface area (Å²) in [7, 11) is 0. The first kappa shape index (κ1) is 15.7. The van der Waals surface area contributed by atoms with E-state index in [0.717, 1.165) is 57.6 Å². The highest BCUT2D eigenvalue weighted by molar-refractivity contribution is 5.54. The Morgan fingerprint density at radius 3 is 3.00 bits per heavy atom. The number of hydrogen-bond acceptors (Lipinski definition) is 6. The molecule has 128 valence electrons. The Bertz CT molecular complexity index is 649. The highest BCUT2D eigenvalue weighted by atomic mass is 16.5. The summed E-state index contributed by atoms with van der Waals surface area (Å²) >= 11 is 0. The second kappa shape index (κ2) is 6.96. The summed E-state index contributed by atoms with van der Waals surface area (Å²) in [5, 5.41) is 17.9. The van der Waals surface area contributed by atoms with E-state index in [1.54, 1.807) is 0 Å². The Labute approximate surface area is 141 Å². The quantitative estimate of drug-likeness (QED) is 0.888. The summed E-state index contributed by atoms with van der Waals surface area (Å²) in [6.45, 7) is 3.31. The van der Waals surface area contributed by atoms with Crippen molar-refractivity contribution in [3.8, 4) is 11.4 Å². The zero-order valence-corrected chi connectivity index (χ0v) is 13.7. The molecule has 1 aromatic heterocycles. The van der Waals surface area contributed by atoms with Crippen LogP contribution in [0.25, 0.3) is 11.4 Å². The van der Waals surface area contributed by atoms with Crippen molar-refractivity contribution in [3.05, 3.63) is 29.8 Å². The first-order valence-electron chi connectivity index (χ1n) is 8.61. The average Bonchev–Trinajstić information content (AvgIpc) is 3.16. The molecule has 7 nitrogen and oxygen atoms in total. The lowest BCUT2D eigenvalue weighted by Gasteiger charge is -2.43. The van der Waals surface area contributed by atoms with Gasteiger partial charge in [0.1, 0.15) is 0 Å². The van der Waals surface area contributed by atoms with Crippen molar-refractivity contribution < 1.29 is 9.47 Å². The minimum Gasteiger partial charge on any atom is -0.381 e. The molecule has 4 rings (SSSR count). The van der Waals surface area contributed by atoms with E-state index in [1.165, 1.54) is 5.56 Å². The van der Waals surface area contributed by atoms with Crippen molar-refractivity contribution >= 4 is 0 Å². The summed E-state index contributed by atoms with van der Waals surface area (Å²) in [6, 6.07) is 8.76. The zero-order valence-electron chi connectivity index (χ0n) is 13.7. The first-order chi connectivity index (χ1) is 11.8. The van der Waals surface area contributed by atoms with E-state index in [4.69, 9.17) is 9.47 Å². The molecule has 1 aromatic carbocycles. The molecule has 0 radical (unpaired) electrons. The number of rotatable bonds is 4. The number of hydrogen-bond donors (Lipinski definition) is 2. The third-order valence-corrected chi connectivity index (χ3v) is 5.02. The topological polar surface area (TPSA) is 85.0 Å². The Morgan fingerprint density at radius 2 is 2.17 bits per heavy atom. The monoisotopic (exact) mass is 329 g/mol. The van der Waals surface area contributed by atoms with Crippen LogP contribution >= 0.6 is 0 Å². The first-order valence-corrected chi connectivity index (χ1v) is 8.61. The molecule has 0 saturated carbocycles. The molecule has 2 aliphatic heterocycles. The van der Waals surface area contributed by atoms with Gasteiger partial charge < -0.3 is 14.8 Å². The smallest absolute Gasteiger partial charge is 0.204 e. The summed E-state index contributed by atoms with van der Waals surface area (Å²) in [5.74, 6) is 0.629. The summed E-state index contributed by atoms with van der Waals surface area (Å²) in [5.41, 5.74) is 2.24. The number of H-pyrrole nitrogens is 1. The van der Waals surface area contributed by atoms with E-state index in [-0.39, 0.29) is 5.60 Å². The number of aromatic amines is 1. The van der Waals surface area contributed by atoms with Gasteiger partial charge in [0.05, 0.1) is 5.60 Å². The Hall–Kier alpha value is -1.83. The molecule has 2 saturated heterocycles. The lowest BCUT2D eigenvalue weighted by atomic mass is 9.84. The van der Waals surface area contributed by atoms with Crippen LogP contribution in [0.5, 0.6) is 0 Å². The molecule has 2 aromatic rings. The van der Waals surface area contributed by atoms with Crippen LogP contribution < -0.4 is 5.32 Å². The van der Waals surface area contributed by atoms with Crippen LogP contribution in [0.15, 0.2) is 24.3 Å². The third kappa shape index (κ3) is 3.48. The fourth-order valence-electron chi connectivity index (χ4n) is 3.66. The Balaban J connectivity index is 1.37. The molecule has 2 aliphatic rings. The predicted molar refractivity (Wildman–Crippen MR) is 88.2 cm³/mol. The lowest BCUT2D eigenvalue weighted by Crippen LogP contribution is -2.49. The van der Waals surface area contributed by atoms with Crippen molar-refractivity contribution in [2.24, 2.45) is 0 Å². The van der Waals surface area contributed by atoms with E-state index in [9.17, 15) is 0 Å². The van der Waals surface area contributed by atoms with Gasteiger partial charge in [0.2, 0.25) is 5.82 Å². The molecule has 2 N–H and O–H groups in total. The molecule has 1 unspecified atom stereocenters. The molecule has 0 amide bonds. The van der Waals surface area contributed by atoms with Crippen molar-refractivity contribution in [1.82, 2.24) is 25.9 Å². The minimum atomic E-state index is 0.0284. The van der Waals surface area contributed by atoms with Crippen molar-refractivity contribution in [3.63, 3.8) is 0 Å². The van der Waals surface area contributed by atoms with Crippen molar-refractivity contribution in [1.29, 1.82) is 0 Å². The maximum Gasteiger partial charge on any atom is 0.204 e. The van der Waals surface area contributed by atoms with E-state index in [2.05, 4.69) is 38.1 Å². The molecular formula is C17H23N5O2. The van der Waals surface area contributed by atoms with Crippen LogP contribution in [0.3, 0.4) is 0 Å². The molecule has 0 bridgehead atoms. The van der Waals surface area contributed by atoms with Gasteiger partial charge in [-0.15, -0.1) is 10.2 Å². The largest absolute Gasteiger partial charge is 0.381 e. The van der Waals surface area contributed by atoms with Gasteiger partial charge in [-0.3, -0.25) is 0 Å². The second-order valence-electron chi connectivity index (χ2n) is 6.65. The van der Waals surface area contributed by atoms with E-state index < -0.39 is 0 Å². The fraction of sp³-hybridized carbons (Fsp3) is 0.588. The van der Waals surface area contributed by atoms with Crippen LogP contribution in [0, 0.1) is 0 Å². The number of ether oxygens (including phenoxy) is 2. The Morgan fingerprint density at radius 1 is 1.25 bits per heavy atom. The van der Waals surface area contributed by atoms with Crippen LogP contribution in [0.1, 0.15) is 31.2 Å². The number of benzene rings is 1.